The van der Waals surface area contributed by atoms with Crippen LogP contribution in [0.15, 0.2) is 12.1 Å². The molecule has 0 amide bonds. The molecule has 0 aliphatic rings. The molecule has 0 saturated carbocycles. The van der Waals surface area contributed by atoms with Crippen molar-refractivity contribution in [2.45, 2.75) is 6.92 Å². The molecule has 0 radical (unpaired) electrons. The predicted octanol–water partition coefficient (Wildman–Crippen LogP) is 2.31. The number of H-pyrrole nitrogens is 1. The first-order valence-electron chi connectivity index (χ1n) is 4.56. The van der Waals surface area contributed by atoms with Crippen LogP contribution in [-0.2, 0) is 4.74 Å². The third kappa shape index (κ3) is 1.76. The SMILES string of the molecule is CCOC(=O)c1cc2cc([N+](=O)[O-])sc2[nH]1. The molecule has 2 heterocycles. The molecular weight excluding hydrogens is 232 g/mol. The van der Waals surface area contributed by atoms with Gasteiger partial charge in [0.05, 0.1) is 11.5 Å². The summed E-state index contributed by atoms with van der Waals surface area (Å²) in [5.41, 5.74) is 0.318. The Balaban J connectivity index is 2.35. The van der Waals surface area contributed by atoms with Crippen LogP contribution in [-0.4, -0.2) is 22.5 Å². The molecular formula is C9H8N2O4S. The van der Waals surface area contributed by atoms with Crippen molar-refractivity contribution in [2.75, 3.05) is 6.61 Å². The van der Waals surface area contributed by atoms with Crippen molar-refractivity contribution in [1.82, 2.24) is 4.98 Å². The summed E-state index contributed by atoms with van der Waals surface area (Å²) in [6.07, 6.45) is 0. The molecule has 0 aliphatic carbocycles. The number of fused-ring (bicyclic) bond motifs is 1. The van der Waals surface area contributed by atoms with Gasteiger partial charge in [-0.1, -0.05) is 0 Å². The topological polar surface area (TPSA) is 85.2 Å². The number of carbonyl (C=O) groups is 1. The van der Waals surface area contributed by atoms with E-state index in [1.165, 1.54) is 6.07 Å². The van der Waals surface area contributed by atoms with E-state index >= 15 is 0 Å². The van der Waals surface area contributed by atoms with E-state index in [0.717, 1.165) is 11.3 Å². The van der Waals surface area contributed by atoms with Gasteiger partial charge in [0, 0.05) is 11.5 Å². The average Bonchev–Trinajstić information content (AvgIpc) is 2.73. The van der Waals surface area contributed by atoms with Gasteiger partial charge in [0.15, 0.2) is 0 Å². The Morgan fingerprint density at radius 3 is 2.94 bits per heavy atom. The lowest BCUT2D eigenvalue weighted by Crippen LogP contribution is -2.04. The Morgan fingerprint density at radius 2 is 2.38 bits per heavy atom. The number of nitro groups is 1. The molecule has 6 nitrogen and oxygen atoms in total. The third-order valence-electron chi connectivity index (χ3n) is 1.97. The van der Waals surface area contributed by atoms with Crippen molar-refractivity contribution in [3.63, 3.8) is 0 Å². The quantitative estimate of drug-likeness (QED) is 0.506. The summed E-state index contributed by atoms with van der Waals surface area (Å²) in [5, 5.41) is 11.2. The molecule has 0 aromatic carbocycles. The number of thiophene rings is 1. The summed E-state index contributed by atoms with van der Waals surface area (Å²) in [7, 11) is 0. The van der Waals surface area contributed by atoms with Crippen LogP contribution in [0.25, 0.3) is 10.2 Å². The van der Waals surface area contributed by atoms with Crippen molar-refractivity contribution >= 4 is 32.5 Å². The molecule has 0 bridgehead atoms. The standard InChI is InChI=1S/C9H8N2O4S/c1-2-15-9(12)6-3-5-4-7(11(13)14)16-8(5)10-6/h3-4,10H,2H2,1H3. The smallest absolute Gasteiger partial charge is 0.354 e. The molecule has 1 N–H and O–H groups in total. The van der Waals surface area contributed by atoms with Gasteiger partial charge in [-0.2, -0.15) is 0 Å². The van der Waals surface area contributed by atoms with Gasteiger partial charge >= 0.3 is 11.0 Å². The maximum atomic E-state index is 11.3. The van der Waals surface area contributed by atoms with Crippen LogP contribution in [0.2, 0.25) is 0 Å². The van der Waals surface area contributed by atoms with Crippen LogP contribution in [0.3, 0.4) is 0 Å². The molecule has 0 fully saturated rings. The highest BCUT2D eigenvalue weighted by Crippen LogP contribution is 2.31. The first-order chi connectivity index (χ1) is 7.61. The molecule has 0 saturated heterocycles. The second-order valence-electron chi connectivity index (χ2n) is 3.03. The first kappa shape index (κ1) is 10.6. The molecule has 2 rings (SSSR count). The van der Waals surface area contributed by atoms with Crippen LogP contribution in [0, 0.1) is 10.1 Å². The minimum absolute atomic E-state index is 0.0525. The highest BCUT2D eigenvalue weighted by Gasteiger charge is 2.16. The zero-order chi connectivity index (χ0) is 11.7. The fourth-order valence-corrected chi connectivity index (χ4v) is 2.19. The number of esters is 1. The van der Waals surface area contributed by atoms with Gasteiger partial charge in [0.25, 0.3) is 0 Å². The van der Waals surface area contributed by atoms with Crippen LogP contribution in [0.1, 0.15) is 17.4 Å². The van der Waals surface area contributed by atoms with E-state index < -0.39 is 10.9 Å². The second-order valence-corrected chi connectivity index (χ2v) is 4.06. The van der Waals surface area contributed by atoms with E-state index in [1.807, 2.05) is 0 Å². The molecule has 7 heteroatoms. The van der Waals surface area contributed by atoms with E-state index in [4.69, 9.17) is 4.74 Å². The van der Waals surface area contributed by atoms with Gasteiger partial charge in [0.1, 0.15) is 10.5 Å². The van der Waals surface area contributed by atoms with Gasteiger partial charge in [-0.15, -0.1) is 0 Å². The largest absolute Gasteiger partial charge is 0.461 e. The first-order valence-corrected chi connectivity index (χ1v) is 5.37. The fraction of sp³-hybridized carbons (Fsp3) is 0.222. The summed E-state index contributed by atoms with van der Waals surface area (Å²) in [6.45, 7) is 2.01. The number of rotatable bonds is 3. The van der Waals surface area contributed by atoms with Gasteiger partial charge < -0.3 is 9.72 Å². The van der Waals surface area contributed by atoms with E-state index in [2.05, 4.69) is 4.98 Å². The molecule has 2 aromatic heterocycles. The second kappa shape index (κ2) is 3.93. The normalized spacial score (nSPS) is 10.6. The molecule has 0 spiro atoms. The zero-order valence-corrected chi connectivity index (χ0v) is 9.17. The predicted molar refractivity (Wildman–Crippen MR) is 58.8 cm³/mol. The number of nitrogens with zero attached hydrogens (tertiary/aromatic N) is 1. The van der Waals surface area contributed by atoms with Crippen molar-refractivity contribution in [3.8, 4) is 0 Å². The lowest BCUT2D eigenvalue weighted by atomic mass is 10.3. The molecule has 0 atom stereocenters. The Bertz CT molecular complexity index is 525. The van der Waals surface area contributed by atoms with Gasteiger partial charge in [-0.3, -0.25) is 10.1 Å². The summed E-state index contributed by atoms with van der Waals surface area (Å²) in [4.78, 5) is 24.8. The minimum Gasteiger partial charge on any atom is -0.461 e. The summed E-state index contributed by atoms with van der Waals surface area (Å²) in [5.74, 6) is -0.450. The Morgan fingerprint density at radius 1 is 1.62 bits per heavy atom. The number of nitrogens with one attached hydrogen (secondary N) is 1. The number of aromatic amines is 1. The molecule has 0 aliphatic heterocycles. The third-order valence-corrected chi connectivity index (χ3v) is 2.99. The Kier molecular flexibility index (Phi) is 2.61. The molecule has 0 unspecified atom stereocenters. The molecule has 16 heavy (non-hydrogen) atoms. The molecule has 84 valence electrons. The van der Waals surface area contributed by atoms with E-state index in [0.29, 0.717) is 22.5 Å². The minimum atomic E-state index is -0.456. The maximum Gasteiger partial charge on any atom is 0.354 e. The number of ether oxygens (including phenoxy) is 1. The van der Waals surface area contributed by atoms with Crippen molar-refractivity contribution in [3.05, 3.63) is 27.9 Å². The highest BCUT2D eigenvalue weighted by molar-refractivity contribution is 7.21. The average molecular weight is 240 g/mol. The van der Waals surface area contributed by atoms with E-state index in [-0.39, 0.29) is 5.00 Å². The van der Waals surface area contributed by atoms with Gasteiger partial charge in [0.2, 0.25) is 0 Å². The number of carbonyl (C=O) groups excluding carboxylic acids is 1. The van der Waals surface area contributed by atoms with Crippen molar-refractivity contribution < 1.29 is 14.5 Å². The van der Waals surface area contributed by atoms with E-state index in [1.54, 1.807) is 13.0 Å². The highest BCUT2D eigenvalue weighted by atomic mass is 32.1. The monoisotopic (exact) mass is 240 g/mol. The van der Waals surface area contributed by atoms with E-state index in [9.17, 15) is 14.9 Å². The van der Waals surface area contributed by atoms with Gasteiger partial charge in [-0.25, -0.2) is 4.79 Å². The Hall–Kier alpha value is -1.89. The number of hydrogen-bond donors (Lipinski definition) is 1. The maximum absolute atomic E-state index is 11.3. The van der Waals surface area contributed by atoms with Crippen molar-refractivity contribution in [2.24, 2.45) is 0 Å². The van der Waals surface area contributed by atoms with Gasteiger partial charge in [-0.05, 0) is 24.3 Å². The summed E-state index contributed by atoms with van der Waals surface area (Å²) < 4.78 is 4.81. The zero-order valence-electron chi connectivity index (χ0n) is 8.35. The number of hydrogen-bond acceptors (Lipinski definition) is 5. The lowest BCUT2D eigenvalue weighted by Gasteiger charge is -1.96. The summed E-state index contributed by atoms with van der Waals surface area (Å²) in [6, 6.07) is 2.98. The summed E-state index contributed by atoms with van der Waals surface area (Å²) >= 11 is 0.999. The van der Waals surface area contributed by atoms with Crippen molar-refractivity contribution in [1.29, 1.82) is 0 Å². The fourth-order valence-electron chi connectivity index (χ4n) is 1.32. The van der Waals surface area contributed by atoms with Crippen LogP contribution < -0.4 is 0 Å². The number of aromatic nitrogens is 1. The molecule has 2 aromatic rings. The van der Waals surface area contributed by atoms with Crippen LogP contribution in [0.5, 0.6) is 0 Å². The van der Waals surface area contributed by atoms with Crippen LogP contribution >= 0.6 is 11.3 Å². The van der Waals surface area contributed by atoms with Crippen LogP contribution in [0.4, 0.5) is 5.00 Å². The lowest BCUT2D eigenvalue weighted by molar-refractivity contribution is -0.380. The Labute approximate surface area is 94.0 Å².